The first kappa shape index (κ1) is 17.4. The highest BCUT2D eigenvalue weighted by Gasteiger charge is 2.29. The molecule has 3 heteroatoms. The van der Waals surface area contributed by atoms with Crippen molar-refractivity contribution in [2.24, 2.45) is 5.92 Å². The highest BCUT2D eigenvalue weighted by molar-refractivity contribution is 5.60. The van der Waals surface area contributed by atoms with Crippen LogP contribution < -0.4 is 4.90 Å². The molecule has 1 aromatic carbocycles. The van der Waals surface area contributed by atoms with Gasteiger partial charge in [0.2, 0.25) is 0 Å². The number of nitrogens with zero attached hydrogens (tertiary/aromatic N) is 3. The van der Waals surface area contributed by atoms with Gasteiger partial charge in [0.25, 0.3) is 0 Å². The predicted molar refractivity (Wildman–Crippen MR) is 107 cm³/mol. The Morgan fingerprint density at radius 3 is 2.44 bits per heavy atom. The molecule has 0 radical (unpaired) electrons. The lowest BCUT2D eigenvalue weighted by Crippen LogP contribution is -2.44. The monoisotopic (exact) mass is 341 g/mol. The third kappa shape index (κ3) is 3.88. The van der Waals surface area contributed by atoms with Gasteiger partial charge in [0.15, 0.2) is 0 Å². The molecule has 0 N–H and O–H groups in total. The molecule has 0 amide bonds. The van der Waals surface area contributed by atoms with Crippen molar-refractivity contribution in [1.29, 1.82) is 0 Å². The van der Waals surface area contributed by atoms with Gasteiger partial charge in [-0.05, 0) is 88.3 Å². The van der Waals surface area contributed by atoms with Gasteiger partial charge < -0.3 is 14.7 Å². The SMILES string of the molecule is CCN1CCC(N2CCc3ccc(CC4CCN(C)CC4)cc32)CC1. The molecular weight excluding hydrogens is 306 g/mol. The van der Waals surface area contributed by atoms with Gasteiger partial charge in [-0.2, -0.15) is 0 Å². The van der Waals surface area contributed by atoms with Gasteiger partial charge in [-0.3, -0.25) is 0 Å². The van der Waals surface area contributed by atoms with E-state index >= 15 is 0 Å². The van der Waals surface area contributed by atoms with Crippen molar-refractivity contribution < 1.29 is 0 Å². The van der Waals surface area contributed by atoms with E-state index in [4.69, 9.17) is 0 Å². The van der Waals surface area contributed by atoms with E-state index in [-0.39, 0.29) is 0 Å². The molecule has 0 unspecified atom stereocenters. The standard InChI is InChI=1S/C22H35N3/c1-3-24-13-9-21(10-14-24)25-15-8-20-5-4-19(17-22(20)25)16-18-6-11-23(2)12-7-18/h4-5,17-18,21H,3,6-16H2,1-2H3. The van der Waals surface area contributed by atoms with Crippen LogP contribution in [0.2, 0.25) is 0 Å². The summed E-state index contributed by atoms with van der Waals surface area (Å²) in [5, 5.41) is 0. The van der Waals surface area contributed by atoms with E-state index in [1.54, 1.807) is 16.8 Å². The first-order chi connectivity index (χ1) is 12.2. The lowest BCUT2D eigenvalue weighted by atomic mass is 9.90. The van der Waals surface area contributed by atoms with E-state index in [1.807, 2.05) is 0 Å². The molecule has 3 aliphatic rings. The molecule has 4 rings (SSSR count). The zero-order valence-corrected chi connectivity index (χ0v) is 16.2. The maximum Gasteiger partial charge on any atom is 0.0404 e. The average Bonchev–Trinajstić information content (AvgIpc) is 3.07. The Morgan fingerprint density at radius 1 is 0.960 bits per heavy atom. The fourth-order valence-electron chi connectivity index (χ4n) is 5.10. The summed E-state index contributed by atoms with van der Waals surface area (Å²) < 4.78 is 0. The molecule has 1 aromatic rings. The summed E-state index contributed by atoms with van der Waals surface area (Å²) in [6.45, 7) is 9.86. The van der Waals surface area contributed by atoms with Crippen LogP contribution in [0.5, 0.6) is 0 Å². The molecule has 3 heterocycles. The molecule has 3 aliphatic heterocycles. The minimum Gasteiger partial charge on any atom is -0.368 e. The van der Waals surface area contributed by atoms with Gasteiger partial charge in [0.1, 0.15) is 0 Å². The van der Waals surface area contributed by atoms with Crippen LogP contribution in [0.25, 0.3) is 0 Å². The van der Waals surface area contributed by atoms with Gasteiger partial charge >= 0.3 is 0 Å². The molecule has 0 atom stereocenters. The molecule has 0 spiro atoms. The Kier molecular flexibility index (Phi) is 5.33. The number of rotatable bonds is 4. The van der Waals surface area contributed by atoms with Crippen molar-refractivity contribution in [3.63, 3.8) is 0 Å². The maximum absolute atomic E-state index is 2.75. The van der Waals surface area contributed by atoms with Crippen molar-refractivity contribution in [1.82, 2.24) is 9.80 Å². The van der Waals surface area contributed by atoms with Crippen LogP contribution in [0.15, 0.2) is 18.2 Å². The van der Waals surface area contributed by atoms with Gasteiger partial charge in [-0.15, -0.1) is 0 Å². The molecule has 2 saturated heterocycles. The minimum atomic E-state index is 0.766. The van der Waals surface area contributed by atoms with Crippen LogP contribution in [0.1, 0.15) is 43.7 Å². The number of fused-ring (bicyclic) bond motifs is 1. The summed E-state index contributed by atoms with van der Waals surface area (Å²) in [7, 11) is 2.26. The normalized spacial score (nSPS) is 24.0. The molecule has 2 fully saturated rings. The molecule has 138 valence electrons. The zero-order valence-electron chi connectivity index (χ0n) is 16.2. The van der Waals surface area contributed by atoms with E-state index in [9.17, 15) is 0 Å². The summed E-state index contributed by atoms with van der Waals surface area (Å²) in [6, 6.07) is 8.16. The number of likely N-dealkylation sites (tertiary alicyclic amines) is 2. The van der Waals surface area contributed by atoms with Crippen LogP contribution in [-0.2, 0) is 12.8 Å². The van der Waals surface area contributed by atoms with Gasteiger partial charge in [-0.25, -0.2) is 0 Å². The topological polar surface area (TPSA) is 9.72 Å². The lowest BCUT2D eigenvalue weighted by Gasteiger charge is -2.38. The highest BCUT2D eigenvalue weighted by atomic mass is 15.2. The molecule has 3 nitrogen and oxygen atoms in total. The van der Waals surface area contributed by atoms with E-state index in [1.165, 1.54) is 77.8 Å². The maximum atomic E-state index is 2.75. The Balaban J connectivity index is 1.42. The fourth-order valence-corrected chi connectivity index (χ4v) is 5.10. The number of hydrogen-bond acceptors (Lipinski definition) is 3. The van der Waals surface area contributed by atoms with E-state index in [0.717, 1.165) is 12.0 Å². The van der Waals surface area contributed by atoms with E-state index < -0.39 is 0 Å². The largest absolute Gasteiger partial charge is 0.368 e. The first-order valence-corrected chi connectivity index (χ1v) is 10.5. The Hall–Kier alpha value is -1.06. The van der Waals surface area contributed by atoms with Crippen LogP contribution in [-0.4, -0.2) is 62.2 Å². The van der Waals surface area contributed by atoms with Crippen molar-refractivity contribution >= 4 is 5.69 Å². The number of hydrogen-bond donors (Lipinski definition) is 0. The fraction of sp³-hybridized carbons (Fsp3) is 0.727. The molecule has 0 saturated carbocycles. The molecular formula is C22H35N3. The lowest BCUT2D eigenvalue weighted by molar-refractivity contribution is 0.218. The number of benzene rings is 1. The quantitative estimate of drug-likeness (QED) is 0.831. The number of piperidine rings is 2. The summed E-state index contributed by atoms with van der Waals surface area (Å²) in [6.07, 6.45) is 7.94. The van der Waals surface area contributed by atoms with E-state index in [0.29, 0.717) is 0 Å². The highest BCUT2D eigenvalue weighted by Crippen LogP contribution is 2.34. The summed E-state index contributed by atoms with van der Waals surface area (Å²) in [5.41, 5.74) is 4.73. The Bertz CT molecular complexity index is 569. The summed E-state index contributed by atoms with van der Waals surface area (Å²) >= 11 is 0. The molecule has 25 heavy (non-hydrogen) atoms. The van der Waals surface area contributed by atoms with Crippen LogP contribution in [0.4, 0.5) is 5.69 Å². The molecule has 0 aromatic heterocycles. The van der Waals surface area contributed by atoms with Gasteiger partial charge in [-0.1, -0.05) is 19.1 Å². The Morgan fingerprint density at radius 2 is 1.72 bits per heavy atom. The van der Waals surface area contributed by atoms with Crippen molar-refractivity contribution in [2.75, 3.05) is 51.2 Å². The van der Waals surface area contributed by atoms with Crippen molar-refractivity contribution in [3.8, 4) is 0 Å². The molecule has 0 bridgehead atoms. The molecule has 0 aliphatic carbocycles. The van der Waals surface area contributed by atoms with Crippen molar-refractivity contribution in [3.05, 3.63) is 29.3 Å². The Labute approximate surface area is 154 Å². The predicted octanol–water partition coefficient (Wildman–Crippen LogP) is 3.42. The van der Waals surface area contributed by atoms with Crippen LogP contribution in [0.3, 0.4) is 0 Å². The van der Waals surface area contributed by atoms with Crippen LogP contribution >= 0.6 is 0 Å². The third-order valence-electron chi connectivity index (χ3n) is 6.89. The second-order valence-corrected chi connectivity index (χ2v) is 8.52. The number of anilines is 1. The van der Waals surface area contributed by atoms with Gasteiger partial charge in [0.05, 0.1) is 0 Å². The van der Waals surface area contributed by atoms with Crippen molar-refractivity contribution in [2.45, 2.75) is 51.5 Å². The second-order valence-electron chi connectivity index (χ2n) is 8.52. The van der Waals surface area contributed by atoms with E-state index in [2.05, 4.69) is 46.9 Å². The third-order valence-corrected chi connectivity index (χ3v) is 6.89. The second kappa shape index (κ2) is 7.67. The average molecular weight is 342 g/mol. The smallest absolute Gasteiger partial charge is 0.0404 e. The van der Waals surface area contributed by atoms with Gasteiger partial charge in [0, 0.05) is 31.4 Å². The minimum absolute atomic E-state index is 0.766. The first-order valence-electron chi connectivity index (χ1n) is 10.5. The van der Waals surface area contributed by atoms with Crippen LogP contribution in [0, 0.1) is 5.92 Å². The summed E-state index contributed by atoms with van der Waals surface area (Å²) in [4.78, 5) is 7.83. The summed E-state index contributed by atoms with van der Waals surface area (Å²) in [5.74, 6) is 0.886. The zero-order chi connectivity index (χ0) is 17.2.